The molecule has 0 heterocycles. The molecule has 0 bridgehead atoms. The van der Waals surface area contributed by atoms with E-state index in [1.165, 1.54) is 83.5 Å². The minimum atomic E-state index is -0.903. The van der Waals surface area contributed by atoms with Crippen LogP contribution in [0.2, 0.25) is 0 Å². The Hall–Kier alpha value is -0.570. The molecular formula is C19H41NO2. The molecule has 0 spiro atoms. The molecule has 0 aliphatic carbocycles. The SMILES string of the molecule is CCCCCCCCCCCCCCCCCC(=O)[O-].C[NH3+]. The number of carbonyl (C=O) groups is 1. The summed E-state index contributed by atoms with van der Waals surface area (Å²) < 4.78 is 0. The number of carboxylic acids is 1. The van der Waals surface area contributed by atoms with E-state index in [0.29, 0.717) is 0 Å². The summed E-state index contributed by atoms with van der Waals surface area (Å²) in [7, 11) is 1.75. The van der Waals surface area contributed by atoms with E-state index in [1.54, 1.807) is 7.05 Å². The Morgan fingerprint density at radius 2 is 0.909 bits per heavy atom. The molecule has 0 radical (unpaired) electrons. The maximum atomic E-state index is 10.2. The second-order valence-corrected chi connectivity index (χ2v) is 6.07. The zero-order valence-electron chi connectivity index (χ0n) is 15.3. The van der Waals surface area contributed by atoms with E-state index < -0.39 is 5.97 Å². The molecule has 0 aliphatic rings. The fourth-order valence-electron chi connectivity index (χ4n) is 2.64. The molecule has 0 aromatic carbocycles. The van der Waals surface area contributed by atoms with Crippen molar-refractivity contribution >= 4 is 5.97 Å². The fraction of sp³-hybridized carbons (Fsp3) is 0.947. The summed E-state index contributed by atoms with van der Waals surface area (Å²) >= 11 is 0. The van der Waals surface area contributed by atoms with Gasteiger partial charge in [-0.3, -0.25) is 0 Å². The van der Waals surface area contributed by atoms with Gasteiger partial charge in [-0.1, -0.05) is 96.8 Å². The lowest BCUT2D eigenvalue weighted by atomic mass is 10.0. The molecule has 0 aromatic heterocycles. The van der Waals surface area contributed by atoms with Gasteiger partial charge in [0.05, 0.1) is 7.05 Å². The third kappa shape index (κ3) is 24.4. The smallest absolute Gasteiger partial charge is 0.0634 e. The van der Waals surface area contributed by atoms with Gasteiger partial charge in [-0.2, -0.15) is 0 Å². The van der Waals surface area contributed by atoms with E-state index in [1.807, 2.05) is 0 Å². The molecule has 0 unspecified atom stereocenters. The summed E-state index contributed by atoms with van der Waals surface area (Å²) in [5, 5.41) is 10.2. The van der Waals surface area contributed by atoms with Gasteiger partial charge in [-0.05, 0) is 12.8 Å². The van der Waals surface area contributed by atoms with Crippen LogP contribution >= 0.6 is 0 Å². The summed E-state index contributed by atoms with van der Waals surface area (Å²) in [4.78, 5) is 10.2. The molecule has 3 N–H and O–H groups in total. The maximum absolute atomic E-state index is 10.2. The molecule has 3 heteroatoms. The molecule has 134 valence electrons. The van der Waals surface area contributed by atoms with Gasteiger partial charge in [0, 0.05) is 5.97 Å². The van der Waals surface area contributed by atoms with Crippen LogP contribution < -0.4 is 10.8 Å². The number of aliphatic carboxylic acids is 1. The first-order valence-corrected chi connectivity index (χ1v) is 9.68. The van der Waals surface area contributed by atoms with Gasteiger partial charge in [0.1, 0.15) is 0 Å². The van der Waals surface area contributed by atoms with E-state index in [4.69, 9.17) is 0 Å². The lowest BCUT2D eigenvalue weighted by Crippen LogP contribution is -2.40. The third-order valence-corrected chi connectivity index (χ3v) is 3.98. The van der Waals surface area contributed by atoms with E-state index in [2.05, 4.69) is 12.7 Å². The zero-order chi connectivity index (χ0) is 16.9. The minimum absolute atomic E-state index is 0.234. The van der Waals surface area contributed by atoms with Crippen molar-refractivity contribution in [3.63, 3.8) is 0 Å². The standard InChI is InChI=1S/C18H36O2.CH5N/c1-2-3-4-5-6-7-8-9-10-11-12-13-14-15-16-17-18(19)20;1-2/h2-17H2,1H3,(H,19,20);2H2,1H3. The largest absolute Gasteiger partial charge is 0.550 e. The summed E-state index contributed by atoms with van der Waals surface area (Å²) in [5.41, 5.74) is 3.25. The number of carbonyl (C=O) groups excluding carboxylic acids is 1. The van der Waals surface area contributed by atoms with Crippen LogP contribution in [0, 0.1) is 0 Å². The highest BCUT2D eigenvalue weighted by molar-refractivity contribution is 5.63. The van der Waals surface area contributed by atoms with Crippen molar-refractivity contribution in [2.24, 2.45) is 0 Å². The molecule has 0 atom stereocenters. The van der Waals surface area contributed by atoms with E-state index >= 15 is 0 Å². The van der Waals surface area contributed by atoms with Crippen LogP contribution in [-0.4, -0.2) is 13.0 Å². The molecule has 22 heavy (non-hydrogen) atoms. The second-order valence-electron chi connectivity index (χ2n) is 6.07. The predicted octanol–water partition coefficient (Wildman–Crippen LogP) is 3.86. The molecule has 0 rings (SSSR count). The van der Waals surface area contributed by atoms with Crippen molar-refractivity contribution < 1.29 is 15.6 Å². The van der Waals surface area contributed by atoms with Crippen molar-refractivity contribution in [1.29, 1.82) is 0 Å². The lowest BCUT2D eigenvalue weighted by molar-refractivity contribution is -0.325. The highest BCUT2D eigenvalue weighted by Crippen LogP contribution is 2.13. The first kappa shape index (κ1) is 23.7. The molecule has 0 saturated heterocycles. The highest BCUT2D eigenvalue weighted by Gasteiger charge is 1.94. The molecule has 0 aromatic rings. The Morgan fingerprint density at radius 1 is 0.636 bits per heavy atom. The van der Waals surface area contributed by atoms with Crippen LogP contribution in [0.15, 0.2) is 0 Å². The molecule has 0 fully saturated rings. The Labute approximate surface area is 139 Å². The number of carboxylic acid groups (broad SMARTS) is 1. The highest BCUT2D eigenvalue weighted by atomic mass is 16.4. The van der Waals surface area contributed by atoms with Gasteiger partial charge in [0.2, 0.25) is 0 Å². The first-order valence-electron chi connectivity index (χ1n) is 9.68. The van der Waals surface area contributed by atoms with Crippen molar-refractivity contribution in [2.75, 3.05) is 7.05 Å². The number of rotatable bonds is 16. The summed E-state index contributed by atoms with van der Waals surface area (Å²) in [5.74, 6) is -0.903. The van der Waals surface area contributed by atoms with Crippen molar-refractivity contribution in [2.45, 2.75) is 110 Å². The molecule has 3 nitrogen and oxygen atoms in total. The van der Waals surface area contributed by atoms with Gasteiger partial charge in [-0.15, -0.1) is 0 Å². The molecule has 0 saturated carbocycles. The Balaban J connectivity index is 0. The average molecular weight is 316 g/mol. The quantitative estimate of drug-likeness (QED) is 0.439. The van der Waals surface area contributed by atoms with E-state index in [-0.39, 0.29) is 6.42 Å². The Kier molecular flexibility index (Phi) is 24.5. The second kappa shape index (κ2) is 22.7. The number of unbranched alkanes of at least 4 members (excludes halogenated alkanes) is 14. The predicted molar refractivity (Wildman–Crippen MR) is 93.4 cm³/mol. The van der Waals surface area contributed by atoms with Crippen molar-refractivity contribution in [1.82, 2.24) is 0 Å². The van der Waals surface area contributed by atoms with E-state index in [0.717, 1.165) is 12.8 Å². The van der Waals surface area contributed by atoms with Gasteiger partial charge >= 0.3 is 0 Å². The van der Waals surface area contributed by atoms with Gasteiger partial charge in [0.15, 0.2) is 0 Å². The summed E-state index contributed by atoms with van der Waals surface area (Å²) in [6.45, 7) is 2.27. The zero-order valence-corrected chi connectivity index (χ0v) is 15.3. The van der Waals surface area contributed by atoms with Gasteiger partial charge in [-0.25, -0.2) is 0 Å². The average Bonchev–Trinajstić information content (AvgIpc) is 2.53. The van der Waals surface area contributed by atoms with Crippen molar-refractivity contribution in [3.05, 3.63) is 0 Å². The first-order chi connectivity index (χ1) is 10.8. The monoisotopic (exact) mass is 315 g/mol. The number of quaternary nitrogens is 1. The van der Waals surface area contributed by atoms with Crippen LogP contribution in [0.3, 0.4) is 0 Å². The van der Waals surface area contributed by atoms with Crippen LogP contribution in [0.1, 0.15) is 110 Å². The van der Waals surface area contributed by atoms with Crippen LogP contribution in [-0.2, 0) is 4.79 Å². The Morgan fingerprint density at radius 3 is 1.18 bits per heavy atom. The van der Waals surface area contributed by atoms with Gasteiger partial charge in [0.25, 0.3) is 0 Å². The number of hydrogen-bond acceptors (Lipinski definition) is 2. The van der Waals surface area contributed by atoms with E-state index in [9.17, 15) is 9.90 Å². The van der Waals surface area contributed by atoms with Gasteiger partial charge < -0.3 is 15.6 Å². The minimum Gasteiger partial charge on any atom is -0.550 e. The third-order valence-electron chi connectivity index (χ3n) is 3.98. The molecule has 0 aliphatic heterocycles. The molecule has 0 amide bonds. The lowest BCUT2D eigenvalue weighted by Gasteiger charge is -2.04. The topological polar surface area (TPSA) is 67.8 Å². The van der Waals surface area contributed by atoms with Crippen LogP contribution in [0.25, 0.3) is 0 Å². The van der Waals surface area contributed by atoms with Crippen molar-refractivity contribution in [3.8, 4) is 0 Å². The molecular weight excluding hydrogens is 274 g/mol. The van der Waals surface area contributed by atoms with Crippen LogP contribution in [0.5, 0.6) is 0 Å². The Bertz CT molecular complexity index is 208. The maximum Gasteiger partial charge on any atom is 0.0634 e. The van der Waals surface area contributed by atoms with Crippen LogP contribution in [0.4, 0.5) is 0 Å². The summed E-state index contributed by atoms with van der Waals surface area (Å²) in [6, 6.07) is 0. The summed E-state index contributed by atoms with van der Waals surface area (Å²) in [6.07, 6.45) is 19.9. The normalized spacial score (nSPS) is 10.1. The fourth-order valence-corrected chi connectivity index (χ4v) is 2.64. The number of hydrogen-bond donors (Lipinski definition) is 1.